The Hall–Kier alpha value is -3.75. The summed E-state index contributed by atoms with van der Waals surface area (Å²) in [6.45, 7) is 3.82. The van der Waals surface area contributed by atoms with Crippen LogP contribution in [0.3, 0.4) is 0 Å². The normalized spacial score (nSPS) is 10.7. The van der Waals surface area contributed by atoms with E-state index in [1.807, 2.05) is 13.8 Å². The molecule has 1 aromatic heterocycles. The highest BCUT2D eigenvalue weighted by molar-refractivity contribution is 5.95. The molecule has 0 radical (unpaired) electrons. The quantitative estimate of drug-likeness (QED) is 0.618. The zero-order valence-electron chi connectivity index (χ0n) is 16.6. The van der Waals surface area contributed by atoms with Crippen LogP contribution in [0.2, 0.25) is 0 Å². The van der Waals surface area contributed by atoms with E-state index in [1.54, 1.807) is 49.5 Å². The van der Waals surface area contributed by atoms with Gasteiger partial charge in [-0.15, -0.1) is 10.2 Å². The van der Waals surface area contributed by atoms with Crippen molar-refractivity contribution < 1.29 is 14.3 Å². The van der Waals surface area contributed by atoms with Crippen LogP contribution in [0.1, 0.15) is 34.6 Å². The lowest BCUT2D eigenvalue weighted by Crippen LogP contribution is -2.29. The Morgan fingerprint density at radius 3 is 2.34 bits per heavy atom. The van der Waals surface area contributed by atoms with Gasteiger partial charge in [0.25, 0.3) is 5.91 Å². The number of rotatable bonds is 6. The van der Waals surface area contributed by atoms with Crippen molar-refractivity contribution in [3.05, 3.63) is 53.6 Å². The van der Waals surface area contributed by atoms with Gasteiger partial charge in [0.1, 0.15) is 0 Å². The predicted octanol–water partition coefficient (Wildman–Crippen LogP) is 2.55. The van der Waals surface area contributed by atoms with Crippen LogP contribution >= 0.6 is 0 Å². The highest BCUT2D eigenvalue weighted by Crippen LogP contribution is 2.29. The maximum atomic E-state index is 12.1. The second-order valence-electron chi connectivity index (χ2n) is 6.68. The third kappa shape index (κ3) is 4.75. The van der Waals surface area contributed by atoms with Gasteiger partial charge < -0.3 is 15.4 Å². The average molecular weight is 394 g/mol. The number of hydrogen-bond donors (Lipinski definition) is 2. The third-order valence-corrected chi connectivity index (χ3v) is 4.04. The summed E-state index contributed by atoms with van der Waals surface area (Å²) in [5.41, 5.74) is 3.00. The van der Waals surface area contributed by atoms with Crippen molar-refractivity contribution in [3.8, 4) is 11.4 Å². The first kappa shape index (κ1) is 20.0. The fraction of sp³-hybridized carbons (Fsp3) is 0.250. The SMILES string of the molecule is COC(=O)c1ccc(Nc2ccc(C(=O)NC(C)C)cc2)c(-c2nnn(C)n2)c1. The molecule has 3 aromatic rings. The van der Waals surface area contributed by atoms with E-state index in [2.05, 4.69) is 26.0 Å². The summed E-state index contributed by atoms with van der Waals surface area (Å²) in [7, 11) is 2.99. The number of nitrogens with one attached hydrogen (secondary N) is 2. The summed E-state index contributed by atoms with van der Waals surface area (Å²) in [6.07, 6.45) is 0. The number of ether oxygens (including phenoxy) is 1. The zero-order valence-corrected chi connectivity index (χ0v) is 16.6. The number of anilines is 2. The maximum absolute atomic E-state index is 12.1. The maximum Gasteiger partial charge on any atom is 0.337 e. The van der Waals surface area contributed by atoms with Crippen LogP contribution in [0.15, 0.2) is 42.5 Å². The number of amides is 1. The lowest BCUT2D eigenvalue weighted by Gasteiger charge is -2.12. The number of nitrogens with zero attached hydrogens (tertiary/aromatic N) is 4. The largest absolute Gasteiger partial charge is 0.465 e. The van der Waals surface area contributed by atoms with E-state index in [0.717, 1.165) is 5.69 Å². The molecule has 1 heterocycles. The minimum Gasteiger partial charge on any atom is -0.465 e. The second-order valence-corrected chi connectivity index (χ2v) is 6.68. The van der Waals surface area contributed by atoms with Crippen molar-refractivity contribution in [2.45, 2.75) is 19.9 Å². The van der Waals surface area contributed by atoms with Crippen LogP contribution in [-0.2, 0) is 11.8 Å². The van der Waals surface area contributed by atoms with Crippen molar-refractivity contribution in [2.75, 3.05) is 12.4 Å². The molecule has 29 heavy (non-hydrogen) atoms. The molecule has 1 amide bonds. The molecule has 0 spiro atoms. The third-order valence-electron chi connectivity index (χ3n) is 4.04. The van der Waals surface area contributed by atoms with E-state index < -0.39 is 5.97 Å². The van der Waals surface area contributed by atoms with Crippen LogP contribution < -0.4 is 10.6 Å². The number of tetrazole rings is 1. The summed E-state index contributed by atoms with van der Waals surface area (Å²) < 4.78 is 4.79. The van der Waals surface area contributed by atoms with Gasteiger partial charge in [-0.1, -0.05) is 0 Å². The smallest absolute Gasteiger partial charge is 0.337 e. The van der Waals surface area contributed by atoms with Crippen LogP contribution in [0.4, 0.5) is 11.4 Å². The summed E-state index contributed by atoms with van der Waals surface area (Å²) >= 11 is 0. The molecule has 0 aliphatic carbocycles. The molecular formula is C20H22N6O3. The van der Waals surface area contributed by atoms with E-state index in [-0.39, 0.29) is 11.9 Å². The molecule has 0 saturated heterocycles. The second kappa shape index (κ2) is 8.51. The summed E-state index contributed by atoms with van der Waals surface area (Å²) in [5, 5.41) is 18.2. The number of methoxy groups -OCH3 is 1. The molecule has 0 fully saturated rings. The van der Waals surface area contributed by atoms with Gasteiger partial charge in [0, 0.05) is 28.5 Å². The topological polar surface area (TPSA) is 111 Å². The Kier molecular flexibility index (Phi) is 5.87. The van der Waals surface area contributed by atoms with E-state index >= 15 is 0 Å². The Morgan fingerprint density at radius 1 is 1.07 bits per heavy atom. The van der Waals surface area contributed by atoms with Gasteiger partial charge in [0.15, 0.2) is 0 Å². The molecule has 150 valence electrons. The minimum absolute atomic E-state index is 0.0654. The van der Waals surface area contributed by atoms with E-state index in [1.165, 1.54) is 11.9 Å². The molecule has 0 aliphatic heterocycles. The predicted molar refractivity (Wildman–Crippen MR) is 108 cm³/mol. The Morgan fingerprint density at radius 2 is 1.76 bits per heavy atom. The first-order chi connectivity index (χ1) is 13.9. The zero-order chi connectivity index (χ0) is 21.0. The monoisotopic (exact) mass is 394 g/mol. The highest BCUT2D eigenvalue weighted by Gasteiger charge is 2.15. The molecule has 0 saturated carbocycles. The van der Waals surface area contributed by atoms with Gasteiger partial charge in [0.05, 0.1) is 19.7 Å². The van der Waals surface area contributed by atoms with Gasteiger partial charge in [-0.2, -0.15) is 4.80 Å². The first-order valence-corrected chi connectivity index (χ1v) is 9.02. The molecular weight excluding hydrogens is 372 g/mol. The molecule has 3 rings (SSSR count). The van der Waals surface area contributed by atoms with Gasteiger partial charge in [-0.3, -0.25) is 4.79 Å². The van der Waals surface area contributed by atoms with Gasteiger partial charge in [-0.05, 0) is 61.5 Å². The standard InChI is InChI=1S/C20H22N6O3/c1-12(2)21-19(27)13-5-8-15(9-6-13)22-17-10-7-14(20(28)29-4)11-16(17)18-23-25-26(3)24-18/h5-12,22H,1-4H3,(H,21,27). The molecule has 0 bridgehead atoms. The van der Waals surface area contributed by atoms with Crippen LogP contribution in [0.25, 0.3) is 11.4 Å². The van der Waals surface area contributed by atoms with Gasteiger partial charge in [-0.25, -0.2) is 4.79 Å². The molecule has 0 atom stereocenters. The number of hydrogen-bond acceptors (Lipinski definition) is 7. The van der Waals surface area contributed by atoms with Crippen molar-refractivity contribution in [1.29, 1.82) is 0 Å². The van der Waals surface area contributed by atoms with Crippen molar-refractivity contribution in [2.24, 2.45) is 7.05 Å². The molecule has 0 unspecified atom stereocenters. The Labute approximate surface area is 168 Å². The number of aryl methyl sites for hydroxylation is 1. The minimum atomic E-state index is -0.456. The Balaban J connectivity index is 1.90. The van der Waals surface area contributed by atoms with Crippen LogP contribution in [0, 0.1) is 0 Å². The molecule has 0 aliphatic rings. The highest BCUT2D eigenvalue weighted by atomic mass is 16.5. The molecule has 2 N–H and O–H groups in total. The van der Waals surface area contributed by atoms with Gasteiger partial charge in [0.2, 0.25) is 5.82 Å². The average Bonchev–Trinajstić information content (AvgIpc) is 3.13. The molecule has 2 aromatic carbocycles. The van der Waals surface area contributed by atoms with E-state index in [0.29, 0.717) is 28.2 Å². The summed E-state index contributed by atoms with van der Waals surface area (Å²) in [6, 6.07) is 12.2. The first-order valence-electron chi connectivity index (χ1n) is 9.02. The van der Waals surface area contributed by atoms with Crippen LogP contribution in [0.5, 0.6) is 0 Å². The van der Waals surface area contributed by atoms with Crippen molar-refractivity contribution in [3.63, 3.8) is 0 Å². The van der Waals surface area contributed by atoms with Crippen LogP contribution in [-0.4, -0.2) is 45.2 Å². The van der Waals surface area contributed by atoms with E-state index in [4.69, 9.17) is 4.74 Å². The number of aromatic nitrogens is 4. The molecule has 9 heteroatoms. The van der Waals surface area contributed by atoms with E-state index in [9.17, 15) is 9.59 Å². The lowest BCUT2D eigenvalue weighted by atomic mass is 10.1. The number of esters is 1. The fourth-order valence-corrected chi connectivity index (χ4v) is 2.68. The van der Waals surface area contributed by atoms with Crippen molar-refractivity contribution >= 4 is 23.3 Å². The Bertz CT molecular complexity index is 1030. The summed E-state index contributed by atoms with van der Waals surface area (Å²) in [4.78, 5) is 25.3. The lowest BCUT2D eigenvalue weighted by molar-refractivity contribution is 0.0600. The summed E-state index contributed by atoms with van der Waals surface area (Å²) in [5.74, 6) is -0.214. The van der Waals surface area contributed by atoms with Gasteiger partial charge >= 0.3 is 5.97 Å². The number of carbonyl (C=O) groups is 2. The van der Waals surface area contributed by atoms with Crippen molar-refractivity contribution in [1.82, 2.24) is 25.5 Å². The number of carbonyl (C=O) groups excluding carboxylic acids is 2. The molecule has 9 nitrogen and oxygen atoms in total. The number of benzene rings is 2. The fourth-order valence-electron chi connectivity index (χ4n) is 2.68.